The Bertz CT molecular complexity index is 765. The Morgan fingerprint density at radius 2 is 1.89 bits per heavy atom. The zero-order valence-electron chi connectivity index (χ0n) is 14.9. The van der Waals surface area contributed by atoms with Gasteiger partial charge in [-0.15, -0.1) is 0 Å². The minimum atomic E-state index is -0.907. The van der Waals surface area contributed by atoms with Gasteiger partial charge in [-0.2, -0.15) is 0 Å². The van der Waals surface area contributed by atoms with Gasteiger partial charge in [-0.05, 0) is 29.8 Å². The lowest BCUT2D eigenvalue weighted by molar-refractivity contribution is -0.109. The number of hydrogen-bond donors (Lipinski definition) is 5. The van der Waals surface area contributed by atoms with Gasteiger partial charge < -0.3 is 30.9 Å². The molecule has 8 heteroatoms. The summed E-state index contributed by atoms with van der Waals surface area (Å²) < 4.78 is 5.40. The molecule has 0 saturated carbocycles. The second-order valence-electron chi connectivity index (χ2n) is 5.71. The van der Waals surface area contributed by atoms with Crippen LogP contribution in [0, 0.1) is 0 Å². The molecule has 2 aromatic carbocycles. The number of carbonyl (C=O) groups is 2. The average Bonchev–Trinajstić information content (AvgIpc) is 2.67. The zero-order valence-corrected chi connectivity index (χ0v) is 14.9. The SMILES string of the molecule is CNc1c(O)ccc(C(O)CNCc2ccc(NC=O)cc2)c1OCC=O. The molecule has 0 saturated heterocycles. The number of aromatic hydroxyl groups is 1. The number of phenols is 1. The third kappa shape index (κ3) is 5.44. The second-order valence-corrected chi connectivity index (χ2v) is 5.71. The molecule has 1 amide bonds. The fraction of sp³-hybridized carbons (Fsp3) is 0.263. The first-order valence-corrected chi connectivity index (χ1v) is 8.38. The maximum Gasteiger partial charge on any atom is 0.211 e. The Morgan fingerprint density at radius 1 is 1.15 bits per heavy atom. The number of aliphatic hydroxyl groups is 1. The van der Waals surface area contributed by atoms with Gasteiger partial charge in [0.2, 0.25) is 6.41 Å². The molecule has 0 bridgehead atoms. The molecule has 0 heterocycles. The number of benzene rings is 2. The minimum absolute atomic E-state index is 0.0358. The molecule has 0 radical (unpaired) electrons. The Morgan fingerprint density at radius 3 is 2.52 bits per heavy atom. The molecule has 1 atom stereocenters. The molecular weight excluding hydrogens is 350 g/mol. The minimum Gasteiger partial charge on any atom is -0.506 e. The maximum absolute atomic E-state index is 10.6. The summed E-state index contributed by atoms with van der Waals surface area (Å²) in [5.74, 6) is 0.203. The zero-order chi connectivity index (χ0) is 19.6. The van der Waals surface area contributed by atoms with E-state index in [9.17, 15) is 19.8 Å². The summed E-state index contributed by atoms with van der Waals surface area (Å²) in [6.07, 6.45) is 0.307. The first-order chi connectivity index (χ1) is 13.1. The van der Waals surface area contributed by atoms with Crippen LogP contribution in [0.1, 0.15) is 17.2 Å². The summed E-state index contributed by atoms with van der Waals surface area (Å²) in [6, 6.07) is 10.3. The van der Waals surface area contributed by atoms with Crippen molar-refractivity contribution in [1.29, 1.82) is 0 Å². The van der Waals surface area contributed by atoms with E-state index in [2.05, 4.69) is 16.0 Å². The smallest absolute Gasteiger partial charge is 0.211 e. The Labute approximate surface area is 157 Å². The van der Waals surface area contributed by atoms with Crippen molar-refractivity contribution in [2.45, 2.75) is 12.6 Å². The van der Waals surface area contributed by atoms with Crippen LogP contribution in [0.2, 0.25) is 0 Å². The summed E-state index contributed by atoms with van der Waals surface area (Å²) in [6.45, 7) is 0.562. The molecular formula is C19H23N3O5. The lowest BCUT2D eigenvalue weighted by Gasteiger charge is -2.19. The summed E-state index contributed by atoms with van der Waals surface area (Å²) in [5, 5.41) is 29.0. The first-order valence-electron chi connectivity index (χ1n) is 8.38. The van der Waals surface area contributed by atoms with E-state index in [1.807, 2.05) is 12.1 Å². The van der Waals surface area contributed by atoms with Crippen LogP contribution in [0.5, 0.6) is 11.5 Å². The molecule has 0 aromatic heterocycles. The molecule has 0 fully saturated rings. The molecule has 2 aromatic rings. The number of carbonyl (C=O) groups excluding carboxylic acids is 2. The van der Waals surface area contributed by atoms with E-state index in [0.717, 1.165) is 5.56 Å². The van der Waals surface area contributed by atoms with Crippen LogP contribution in [0.15, 0.2) is 36.4 Å². The van der Waals surface area contributed by atoms with Crippen molar-refractivity contribution >= 4 is 24.1 Å². The van der Waals surface area contributed by atoms with Gasteiger partial charge in [0.1, 0.15) is 18.0 Å². The van der Waals surface area contributed by atoms with Crippen LogP contribution in [0.25, 0.3) is 0 Å². The van der Waals surface area contributed by atoms with Crippen molar-refractivity contribution in [3.63, 3.8) is 0 Å². The first kappa shape index (κ1) is 20.2. The van der Waals surface area contributed by atoms with Gasteiger partial charge in [0.15, 0.2) is 12.0 Å². The average molecular weight is 373 g/mol. The van der Waals surface area contributed by atoms with Gasteiger partial charge >= 0.3 is 0 Å². The third-order valence-corrected chi connectivity index (χ3v) is 3.92. The highest BCUT2D eigenvalue weighted by atomic mass is 16.5. The highest BCUT2D eigenvalue weighted by molar-refractivity contribution is 5.71. The molecule has 1 unspecified atom stereocenters. The van der Waals surface area contributed by atoms with E-state index in [0.29, 0.717) is 36.2 Å². The summed E-state index contributed by atoms with van der Waals surface area (Å²) in [5.41, 5.74) is 2.45. The molecule has 144 valence electrons. The molecule has 2 rings (SSSR count). The molecule has 5 N–H and O–H groups in total. The quantitative estimate of drug-likeness (QED) is 0.298. The van der Waals surface area contributed by atoms with E-state index in [-0.39, 0.29) is 24.7 Å². The Hall–Kier alpha value is -3.10. The van der Waals surface area contributed by atoms with E-state index in [1.54, 1.807) is 25.2 Å². The highest BCUT2D eigenvalue weighted by Crippen LogP contribution is 2.39. The van der Waals surface area contributed by atoms with Crippen LogP contribution in [0.3, 0.4) is 0 Å². The maximum atomic E-state index is 10.6. The third-order valence-electron chi connectivity index (χ3n) is 3.92. The van der Waals surface area contributed by atoms with Crippen LogP contribution in [-0.2, 0) is 16.1 Å². The van der Waals surface area contributed by atoms with Gasteiger partial charge in [0, 0.05) is 31.4 Å². The van der Waals surface area contributed by atoms with E-state index < -0.39 is 6.10 Å². The van der Waals surface area contributed by atoms with Crippen molar-refractivity contribution in [1.82, 2.24) is 5.32 Å². The molecule has 0 aliphatic carbocycles. The molecule has 27 heavy (non-hydrogen) atoms. The fourth-order valence-electron chi connectivity index (χ4n) is 2.62. The standard InChI is InChI=1S/C19H23N3O5/c1-20-18-16(25)7-6-15(19(18)27-9-8-23)17(26)11-21-10-13-2-4-14(5-3-13)22-12-24/h2-8,12,17,20-21,25-26H,9-11H2,1H3,(H,22,24). The normalized spacial score (nSPS) is 11.5. The van der Waals surface area contributed by atoms with Crippen molar-refractivity contribution in [3.05, 3.63) is 47.5 Å². The second kappa shape index (κ2) is 10.1. The predicted octanol–water partition coefficient (Wildman–Crippen LogP) is 1.40. The number of hydrogen-bond acceptors (Lipinski definition) is 7. The lowest BCUT2D eigenvalue weighted by atomic mass is 10.1. The molecule has 0 aliphatic rings. The van der Waals surface area contributed by atoms with Crippen LogP contribution in [-0.4, -0.2) is 43.1 Å². The van der Waals surface area contributed by atoms with Crippen molar-refractivity contribution < 1.29 is 24.5 Å². The van der Waals surface area contributed by atoms with Crippen molar-refractivity contribution in [2.75, 3.05) is 30.8 Å². The molecule has 0 spiro atoms. The number of rotatable bonds is 11. The Balaban J connectivity index is 2.03. The van der Waals surface area contributed by atoms with Crippen LogP contribution in [0.4, 0.5) is 11.4 Å². The summed E-state index contributed by atoms with van der Waals surface area (Å²) in [7, 11) is 1.61. The summed E-state index contributed by atoms with van der Waals surface area (Å²) in [4.78, 5) is 21.0. The monoisotopic (exact) mass is 373 g/mol. The van der Waals surface area contributed by atoms with Gasteiger partial charge in [0.25, 0.3) is 0 Å². The number of nitrogens with one attached hydrogen (secondary N) is 3. The molecule has 8 nitrogen and oxygen atoms in total. The van der Waals surface area contributed by atoms with Gasteiger partial charge in [0.05, 0.1) is 6.10 Å². The van der Waals surface area contributed by atoms with Crippen LogP contribution < -0.4 is 20.7 Å². The number of aldehydes is 1. The van der Waals surface area contributed by atoms with Gasteiger partial charge in [-0.25, -0.2) is 0 Å². The lowest BCUT2D eigenvalue weighted by Crippen LogP contribution is -2.22. The fourth-order valence-corrected chi connectivity index (χ4v) is 2.62. The topological polar surface area (TPSA) is 120 Å². The highest BCUT2D eigenvalue weighted by Gasteiger charge is 2.19. The number of anilines is 2. The van der Waals surface area contributed by atoms with Crippen molar-refractivity contribution in [2.24, 2.45) is 0 Å². The van der Waals surface area contributed by atoms with Gasteiger partial charge in [-0.1, -0.05) is 12.1 Å². The predicted molar refractivity (Wildman–Crippen MR) is 102 cm³/mol. The van der Waals surface area contributed by atoms with Crippen molar-refractivity contribution in [3.8, 4) is 11.5 Å². The molecule has 0 aliphatic heterocycles. The van der Waals surface area contributed by atoms with Gasteiger partial charge in [-0.3, -0.25) is 9.59 Å². The number of phenolic OH excluding ortho intramolecular Hbond substituents is 1. The number of ether oxygens (including phenoxy) is 1. The number of amides is 1. The van der Waals surface area contributed by atoms with Crippen LogP contribution >= 0.6 is 0 Å². The largest absolute Gasteiger partial charge is 0.506 e. The van der Waals surface area contributed by atoms with E-state index in [4.69, 9.17) is 4.74 Å². The van der Waals surface area contributed by atoms with E-state index in [1.165, 1.54) is 6.07 Å². The Kier molecular flexibility index (Phi) is 7.60. The summed E-state index contributed by atoms with van der Waals surface area (Å²) >= 11 is 0. The van der Waals surface area contributed by atoms with E-state index >= 15 is 0 Å². The number of aliphatic hydroxyl groups excluding tert-OH is 1.